The summed E-state index contributed by atoms with van der Waals surface area (Å²) in [6, 6.07) is 0. The van der Waals surface area contributed by atoms with E-state index in [9.17, 15) is 5.11 Å². The van der Waals surface area contributed by atoms with E-state index in [2.05, 4.69) is 20.8 Å². The molecule has 0 aliphatic heterocycles. The second kappa shape index (κ2) is 6.62. The minimum absolute atomic E-state index is 0.276. The first-order valence-corrected chi connectivity index (χ1v) is 4.42. The molecule has 11 heavy (non-hydrogen) atoms. The maximum Gasteiger partial charge on any atom is 0.0776 e. The molecule has 1 atom stereocenters. The zero-order chi connectivity index (χ0) is 8.69. The molecule has 0 bridgehead atoms. The highest BCUT2D eigenvalue weighted by atomic mass is 16.5. The third kappa shape index (κ3) is 7.82. The summed E-state index contributed by atoms with van der Waals surface area (Å²) in [5, 5.41) is 9.32. The molecule has 2 heteroatoms. The van der Waals surface area contributed by atoms with E-state index in [0.29, 0.717) is 12.5 Å². The third-order valence-corrected chi connectivity index (χ3v) is 1.40. The largest absolute Gasteiger partial charge is 0.391 e. The summed E-state index contributed by atoms with van der Waals surface area (Å²) in [7, 11) is 0. The monoisotopic (exact) mass is 160 g/mol. The zero-order valence-electron chi connectivity index (χ0n) is 7.84. The van der Waals surface area contributed by atoms with Gasteiger partial charge in [-0.05, 0) is 18.8 Å². The SMILES string of the molecule is CCCOCC(O)CC(C)C. The third-order valence-electron chi connectivity index (χ3n) is 1.40. The van der Waals surface area contributed by atoms with Crippen molar-refractivity contribution in [1.29, 1.82) is 0 Å². The van der Waals surface area contributed by atoms with E-state index in [1.807, 2.05) is 0 Å². The Balaban J connectivity index is 3.15. The van der Waals surface area contributed by atoms with Gasteiger partial charge in [-0.3, -0.25) is 0 Å². The lowest BCUT2D eigenvalue weighted by molar-refractivity contribution is 0.0267. The van der Waals surface area contributed by atoms with Crippen LogP contribution in [0.5, 0.6) is 0 Å². The van der Waals surface area contributed by atoms with E-state index in [-0.39, 0.29) is 6.10 Å². The summed E-state index contributed by atoms with van der Waals surface area (Å²) >= 11 is 0. The molecule has 0 aromatic carbocycles. The summed E-state index contributed by atoms with van der Waals surface area (Å²) in [5.74, 6) is 0.551. The van der Waals surface area contributed by atoms with Crippen molar-refractivity contribution in [1.82, 2.24) is 0 Å². The summed E-state index contributed by atoms with van der Waals surface area (Å²) in [4.78, 5) is 0. The van der Waals surface area contributed by atoms with Crippen LogP contribution < -0.4 is 0 Å². The molecule has 0 aliphatic rings. The fourth-order valence-electron chi connectivity index (χ4n) is 0.976. The van der Waals surface area contributed by atoms with E-state index in [0.717, 1.165) is 19.4 Å². The Morgan fingerprint density at radius 1 is 1.36 bits per heavy atom. The highest BCUT2D eigenvalue weighted by molar-refractivity contribution is 4.56. The maximum atomic E-state index is 9.32. The molecule has 0 radical (unpaired) electrons. The molecule has 0 fully saturated rings. The van der Waals surface area contributed by atoms with Crippen molar-refractivity contribution in [2.75, 3.05) is 13.2 Å². The molecule has 2 nitrogen and oxygen atoms in total. The predicted molar refractivity (Wildman–Crippen MR) is 46.6 cm³/mol. The highest BCUT2D eigenvalue weighted by Gasteiger charge is 2.05. The minimum atomic E-state index is -0.276. The molecule has 0 heterocycles. The second-order valence-electron chi connectivity index (χ2n) is 3.36. The maximum absolute atomic E-state index is 9.32. The van der Waals surface area contributed by atoms with Crippen LogP contribution in [0.15, 0.2) is 0 Å². The Bertz CT molecular complexity index is 81.6. The number of hydrogen-bond donors (Lipinski definition) is 1. The molecule has 0 aromatic heterocycles. The van der Waals surface area contributed by atoms with Crippen LogP contribution in [0.1, 0.15) is 33.6 Å². The van der Waals surface area contributed by atoms with Gasteiger partial charge in [-0.15, -0.1) is 0 Å². The Morgan fingerprint density at radius 3 is 2.45 bits per heavy atom. The van der Waals surface area contributed by atoms with Gasteiger partial charge in [0.05, 0.1) is 12.7 Å². The first kappa shape index (κ1) is 10.9. The minimum Gasteiger partial charge on any atom is -0.391 e. The van der Waals surface area contributed by atoms with Gasteiger partial charge in [0.15, 0.2) is 0 Å². The van der Waals surface area contributed by atoms with Crippen LogP contribution in [0.3, 0.4) is 0 Å². The molecule has 0 saturated heterocycles. The van der Waals surface area contributed by atoms with E-state index in [1.165, 1.54) is 0 Å². The first-order valence-electron chi connectivity index (χ1n) is 4.42. The molecule has 68 valence electrons. The Hall–Kier alpha value is -0.0800. The van der Waals surface area contributed by atoms with Crippen LogP contribution >= 0.6 is 0 Å². The molecule has 0 saturated carbocycles. The van der Waals surface area contributed by atoms with Crippen molar-refractivity contribution in [2.24, 2.45) is 5.92 Å². The van der Waals surface area contributed by atoms with E-state index >= 15 is 0 Å². The molecule has 0 amide bonds. The quantitative estimate of drug-likeness (QED) is 0.600. The van der Waals surface area contributed by atoms with Gasteiger partial charge in [0.1, 0.15) is 0 Å². The van der Waals surface area contributed by atoms with E-state index in [1.54, 1.807) is 0 Å². The van der Waals surface area contributed by atoms with Crippen molar-refractivity contribution in [3.8, 4) is 0 Å². The molecule has 0 spiro atoms. The van der Waals surface area contributed by atoms with Crippen molar-refractivity contribution >= 4 is 0 Å². The van der Waals surface area contributed by atoms with Crippen LogP contribution in [-0.2, 0) is 4.74 Å². The van der Waals surface area contributed by atoms with Gasteiger partial charge in [0.2, 0.25) is 0 Å². The van der Waals surface area contributed by atoms with Crippen LogP contribution in [0.4, 0.5) is 0 Å². The number of aliphatic hydroxyl groups excluding tert-OH is 1. The summed E-state index contributed by atoms with van der Waals surface area (Å²) < 4.78 is 5.20. The lowest BCUT2D eigenvalue weighted by Crippen LogP contribution is -2.17. The summed E-state index contributed by atoms with van der Waals surface area (Å²) in [6.07, 6.45) is 1.58. The lowest BCUT2D eigenvalue weighted by Gasteiger charge is -2.12. The van der Waals surface area contributed by atoms with Crippen molar-refractivity contribution in [3.05, 3.63) is 0 Å². The summed E-state index contributed by atoms with van der Waals surface area (Å²) in [6.45, 7) is 7.52. The average molecular weight is 160 g/mol. The van der Waals surface area contributed by atoms with Gasteiger partial charge in [0.25, 0.3) is 0 Å². The van der Waals surface area contributed by atoms with Gasteiger partial charge in [0, 0.05) is 6.61 Å². The molecular weight excluding hydrogens is 140 g/mol. The van der Waals surface area contributed by atoms with Crippen molar-refractivity contribution in [2.45, 2.75) is 39.7 Å². The molecular formula is C9H20O2. The highest BCUT2D eigenvalue weighted by Crippen LogP contribution is 2.04. The fourth-order valence-corrected chi connectivity index (χ4v) is 0.976. The number of ether oxygens (including phenoxy) is 1. The number of rotatable bonds is 6. The average Bonchev–Trinajstić information content (AvgIpc) is 1.86. The van der Waals surface area contributed by atoms with Gasteiger partial charge in [-0.25, -0.2) is 0 Å². The Labute approximate surface area is 69.6 Å². The van der Waals surface area contributed by atoms with Crippen LogP contribution in [0.2, 0.25) is 0 Å². The second-order valence-corrected chi connectivity index (χ2v) is 3.36. The Morgan fingerprint density at radius 2 is 2.00 bits per heavy atom. The molecule has 0 rings (SSSR count). The predicted octanol–water partition coefficient (Wildman–Crippen LogP) is 1.82. The van der Waals surface area contributed by atoms with Crippen LogP contribution in [0.25, 0.3) is 0 Å². The molecule has 0 aromatic rings. The topological polar surface area (TPSA) is 29.5 Å². The summed E-state index contributed by atoms with van der Waals surface area (Å²) in [5.41, 5.74) is 0. The number of hydrogen-bond acceptors (Lipinski definition) is 2. The van der Waals surface area contributed by atoms with Gasteiger partial charge < -0.3 is 9.84 Å². The Kier molecular flexibility index (Phi) is 6.57. The number of aliphatic hydroxyl groups is 1. The van der Waals surface area contributed by atoms with Gasteiger partial charge in [-0.2, -0.15) is 0 Å². The smallest absolute Gasteiger partial charge is 0.0776 e. The van der Waals surface area contributed by atoms with Crippen molar-refractivity contribution in [3.63, 3.8) is 0 Å². The van der Waals surface area contributed by atoms with E-state index < -0.39 is 0 Å². The first-order chi connectivity index (χ1) is 5.16. The lowest BCUT2D eigenvalue weighted by atomic mass is 10.1. The molecule has 1 unspecified atom stereocenters. The standard InChI is InChI=1S/C9H20O2/c1-4-5-11-7-9(10)6-8(2)3/h8-10H,4-7H2,1-3H3. The van der Waals surface area contributed by atoms with Gasteiger partial charge >= 0.3 is 0 Å². The van der Waals surface area contributed by atoms with Crippen molar-refractivity contribution < 1.29 is 9.84 Å². The van der Waals surface area contributed by atoms with Gasteiger partial charge in [-0.1, -0.05) is 20.8 Å². The van der Waals surface area contributed by atoms with E-state index in [4.69, 9.17) is 4.74 Å². The molecule has 0 aliphatic carbocycles. The molecule has 1 N–H and O–H groups in total. The van der Waals surface area contributed by atoms with Crippen LogP contribution in [0, 0.1) is 5.92 Å². The zero-order valence-corrected chi connectivity index (χ0v) is 7.84. The fraction of sp³-hybridized carbons (Fsp3) is 1.00. The van der Waals surface area contributed by atoms with Crippen LogP contribution in [-0.4, -0.2) is 24.4 Å². The normalized spacial score (nSPS) is 13.9.